The van der Waals surface area contributed by atoms with Crippen molar-refractivity contribution in [3.05, 3.63) is 35.9 Å². The van der Waals surface area contributed by atoms with Gasteiger partial charge in [0.25, 0.3) is 0 Å². The van der Waals surface area contributed by atoms with Gasteiger partial charge in [0.2, 0.25) is 0 Å². The molecule has 0 saturated heterocycles. The maximum Gasteiger partial charge on any atom is 0.0681 e. The van der Waals surface area contributed by atoms with E-state index in [0.29, 0.717) is 0 Å². The van der Waals surface area contributed by atoms with Crippen LogP contribution in [-0.2, 0) is 170 Å². The van der Waals surface area contributed by atoms with Gasteiger partial charge in [-0.05, 0) is 5.56 Å². The third-order valence-electron chi connectivity index (χ3n) is 1.03. The molecule has 0 spiro atoms. The van der Waals surface area contributed by atoms with Gasteiger partial charge in [-0.25, -0.2) is 0 Å². The third kappa shape index (κ3) is 19.0. The number of hydrogen-bond donors (Lipinski definition) is 1. The quantitative estimate of drug-likeness (QED) is 0.521. The fourth-order valence-electron chi connectivity index (χ4n) is 0.583. The summed E-state index contributed by atoms with van der Waals surface area (Å²) in [6, 6.07) is 9.52. The van der Waals surface area contributed by atoms with Crippen LogP contribution in [0.3, 0.4) is 0 Å². The van der Waals surface area contributed by atoms with Crippen LogP contribution < -0.4 is 0 Å². The average Bonchev–Trinajstić information content (AvgIpc) is 1.90. The Kier molecular flexibility index (Phi) is 68.1. The Morgan fingerprint density at radius 2 is 1.14 bits per heavy atom. The van der Waals surface area contributed by atoms with Crippen molar-refractivity contribution < 1.29 is 174 Å². The topological polar surface area (TPSA) is 51.7 Å². The van der Waals surface area contributed by atoms with Gasteiger partial charge in [0, 0.05) is 164 Å². The Morgan fingerprint density at radius 3 is 1.36 bits per heavy atom. The van der Waals surface area contributed by atoms with E-state index in [2.05, 4.69) is 0 Å². The normalized spacial score (nSPS) is 5.21. The molecular formula is C7H10O2Y5. The molecule has 5 radical (unpaired) electrons. The van der Waals surface area contributed by atoms with Gasteiger partial charge in [-0.2, -0.15) is 0 Å². The molecular weight excluding hydrogens is 561 g/mol. The molecule has 1 aromatic carbocycles. The molecule has 0 aliphatic rings. The Labute approximate surface area is 211 Å². The average molecular weight is 571 g/mol. The van der Waals surface area contributed by atoms with Gasteiger partial charge < -0.3 is 10.6 Å². The molecule has 0 heterocycles. The van der Waals surface area contributed by atoms with E-state index in [4.69, 9.17) is 5.11 Å². The van der Waals surface area contributed by atoms with Crippen LogP contribution in [0.25, 0.3) is 0 Å². The summed E-state index contributed by atoms with van der Waals surface area (Å²) in [5.74, 6) is 0. The van der Waals surface area contributed by atoms with Gasteiger partial charge in [-0.1, -0.05) is 30.3 Å². The molecule has 65 valence electrons. The van der Waals surface area contributed by atoms with Crippen molar-refractivity contribution in [3.8, 4) is 0 Å². The van der Waals surface area contributed by atoms with Crippen molar-refractivity contribution in [2.75, 3.05) is 0 Å². The van der Waals surface area contributed by atoms with Crippen molar-refractivity contribution in [2.45, 2.75) is 6.61 Å². The van der Waals surface area contributed by atoms with E-state index in [9.17, 15) is 0 Å². The first-order valence-electron chi connectivity index (χ1n) is 2.58. The Bertz CT molecular complexity index is 161. The van der Waals surface area contributed by atoms with Crippen LogP contribution in [0.15, 0.2) is 30.3 Å². The standard InChI is InChI=1S/C7H8O.H2O.5Y/c8-6-7-4-2-1-3-5-7;;;;;;/h1-5,8H,6H2;1H2;;;;;. The Balaban J connectivity index is -0.0000000267. The molecule has 0 atom stereocenters. The van der Waals surface area contributed by atoms with Crippen molar-refractivity contribution in [3.63, 3.8) is 0 Å². The maximum atomic E-state index is 8.54. The second-order valence-electron chi connectivity index (χ2n) is 1.64. The fraction of sp³-hybridized carbons (Fsp3) is 0.143. The van der Waals surface area contributed by atoms with Gasteiger partial charge in [-0.15, -0.1) is 0 Å². The fourth-order valence-corrected chi connectivity index (χ4v) is 0.583. The molecule has 0 aliphatic carbocycles. The molecule has 0 unspecified atom stereocenters. The molecule has 0 aromatic heterocycles. The summed E-state index contributed by atoms with van der Waals surface area (Å²) in [6.45, 7) is 0.140. The zero-order valence-electron chi connectivity index (χ0n) is 7.93. The van der Waals surface area contributed by atoms with Crippen molar-refractivity contribution in [1.82, 2.24) is 0 Å². The van der Waals surface area contributed by atoms with Gasteiger partial charge in [-0.3, -0.25) is 0 Å². The van der Waals surface area contributed by atoms with E-state index in [1.54, 1.807) is 0 Å². The molecule has 0 bridgehead atoms. The summed E-state index contributed by atoms with van der Waals surface area (Å²) in [7, 11) is 0. The molecule has 0 amide bonds. The number of aliphatic hydroxyl groups is 1. The summed E-state index contributed by atoms with van der Waals surface area (Å²) in [4.78, 5) is 0. The van der Waals surface area contributed by atoms with Crippen LogP contribution in [0, 0.1) is 0 Å². The predicted octanol–water partition coefficient (Wildman–Crippen LogP) is 0.342. The monoisotopic (exact) mass is 571 g/mol. The molecule has 3 N–H and O–H groups in total. The summed E-state index contributed by atoms with van der Waals surface area (Å²) in [5.41, 5.74) is 0.965. The van der Waals surface area contributed by atoms with Crippen molar-refractivity contribution in [2.24, 2.45) is 0 Å². The third-order valence-corrected chi connectivity index (χ3v) is 1.03. The van der Waals surface area contributed by atoms with Crippen LogP contribution in [0.1, 0.15) is 5.56 Å². The zero-order chi connectivity index (χ0) is 5.82. The summed E-state index contributed by atoms with van der Waals surface area (Å²) < 4.78 is 0. The number of aliphatic hydroxyl groups excluding tert-OH is 1. The summed E-state index contributed by atoms with van der Waals surface area (Å²) >= 11 is 0. The van der Waals surface area contributed by atoms with Gasteiger partial charge >= 0.3 is 0 Å². The Hall–Kier alpha value is 4.66. The van der Waals surface area contributed by atoms with E-state index >= 15 is 0 Å². The second-order valence-corrected chi connectivity index (χ2v) is 1.64. The number of hydrogen-bond acceptors (Lipinski definition) is 1. The van der Waals surface area contributed by atoms with Crippen molar-refractivity contribution in [1.29, 1.82) is 0 Å². The molecule has 2 nitrogen and oxygen atoms in total. The minimum Gasteiger partial charge on any atom is -0.412 e. The minimum atomic E-state index is 0. The first-order chi connectivity index (χ1) is 3.93. The predicted molar refractivity (Wildman–Crippen MR) is 36.0 cm³/mol. The maximum absolute atomic E-state index is 8.54. The second kappa shape index (κ2) is 26.3. The molecule has 0 fully saturated rings. The van der Waals surface area contributed by atoms with E-state index in [0.717, 1.165) is 5.56 Å². The molecule has 0 aliphatic heterocycles. The number of rotatable bonds is 1. The Morgan fingerprint density at radius 1 is 0.786 bits per heavy atom. The van der Waals surface area contributed by atoms with Crippen LogP contribution in [0.5, 0.6) is 0 Å². The van der Waals surface area contributed by atoms with Gasteiger partial charge in [0.1, 0.15) is 0 Å². The smallest absolute Gasteiger partial charge is 0.0681 e. The molecule has 0 saturated carbocycles. The molecule has 7 heteroatoms. The number of benzene rings is 1. The SMILES string of the molecule is O.OCc1ccccc1.[Y].[Y].[Y].[Y].[Y]. The minimum absolute atomic E-state index is 0. The zero-order valence-corrected chi connectivity index (χ0v) is 22.1. The van der Waals surface area contributed by atoms with Crippen LogP contribution >= 0.6 is 0 Å². The molecule has 1 rings (SSSR count). The summed E-state index contributed by atoms with van der Waals surface area (Å²) in [6.07, 6.45) is 0. The molecule has 14 heavy (non-hydrogen) atoms. The van der Waals surface area contributed by atoms with Crippen molar-refractivity contribution >= 4 is 0 Å². The van der Waals surface area contributed by atoms with Gasteiger partial charge in [0.05, 0.1) is 6.61 Å². The molecule has 1 aromatic rings. The van der Waals surface area contributed by atoms with Crippen LogP contribution in [0.2, 0.25) is 0 Å². The first kappa shape index (κ1) is 36.3. The van der Waals surface area contributed by atoms with Crippen LogP contribution in [0.4, 0.5) is 0 Å². The van der Waals surface area contributed by atoms with E-state index in [1.165, 1.54) is 0 Å². The largest absolute Gasteiger partial charge is 0.412 e. The van der Waals surface area contributed by atoms with Gasteiger partial charge in [0.15, 0.2) is 0 Å². The van der Waals surface area contributed by atoms with E-state index in [-0.39, 0.29) is 176 Å². The van der Waals surface area contributed by atoms with Crippen LogP contribution in [-0.4, -0.2) is 10.6 Å². The van der Waals surface area contributed by atoms with E-state index < -0.39 is 0 Å². The van der Waals surface area contributed by atoms with E-state index in [1.807, 2.05) is 30.3 Å². The first-order valence-corrected chi connectivity index (χ1v) is 2.58. The summed E-state index contributed by atoms with van der Waals surface area (Å²) in [5, 5.41) is 8.54.